The Hall–Kier alpha value is -1.55. The second-order valence-electron chi connectivity index (χ2n) is 15.3. The van der Waals surface area contributed by atoms with Crippen LogP contribution in [0.15, 0.2) is 24.3 Å². The van der Waals surface area contributed by atoms with E-state index in [-0.39, 0.29) is 12.2 Å². The van der Waals surface area contributed by atoms with Crippen LogP contribution in [0.4, 0.5) is 0 Å². The summed E-state index contributed by atoms with van der Waals surface area (Å²) in [6, 6.07) is 0. The van der Waals surface area contributed by atoms with Gasteiger partial charge in [0, 0.05) is 30.1 Å². The molecule has 4 atom stereocenters. The smallest absolute Gasteiger partial charge is 0.226 e. The predicted octanol–water partition coefficient (Wildman–Crippen LogP) is 13.7. The van der Waals surface area contributed by atoms with E-state index < -0.39 is 28.4 Å². The van der Waals surface area contributed by atoms with Crippen LogP contribution in [0.5, 0.6) is 0 Å². The highest BCUT2D eigenvalue weighted by atomic mass is 35.5. The van der Waals surface area contributed by atoms with E-state index in [4.69, 9.17) is 11.6 Å². The molecule has 4 unspecified atom stereocenters. The Morgan fingerprint density at radius 1 is 0.600 bits per heavy atom. The van der Waals surface area contributed by atoms with E-state index in [0.717, 1.165) is 57.7 Å². The van der Waals surface area contributed by atoms with Crippen molar-refractivity contribution in [3.8, 4) is 0 Å². The van der Waals surface area contributed by atoms with E-state index in [1.54, 1.807) is 0 Å². The van der Waals surface area contributed by atoms with Crippen LogP contribution >= 0.6 is 11.6 Å². The number of carbonyl (C=O) groups excluding carboxylic acids is 4. The Bertz CT molecular complexity index is 926. The van der Waals surface area contributed by atoms with Gasteiger partial charge in [0.2, 0.25) is 11.5 Å². The lowest BCUT2D eigenvalue weighted by molar-refractivity contribution is -0.126. The molecule has 0 saturated heterocycles. The lowest BCUT2D eigenvalue weighted by Crippen LogP contribution is -2.30. The molecule has 0 bridgehead atoms. The number of carbonyl (C=O) groups is 3. The maximum atomic E-state index is 13.7. The van der Waals surface area contributed by atoms with Crippen molar-refractivity contribution < 1.29 is 19.2 Å². The van der Waals surface area contributed by atoms with Gasteiger partial charge in [0.25, 0.3) is 0 Å². The zero-order valence-electron chi connectivity index (χ0n) is 32.6. The zero-order valence-corrected chi connectivity index (χ0v) is 33.3. The highest BCUT2D eigenvalue weighted by molar-refractivity contribution is 6.64. The van der Waals surface area contributed by atoms with Gasteiger partial charge in [-0.05, 0) is 75.8 Å². The first-order chi connectivity index (χ1) is 24.5. The molecule has 1 aliphatic carbocycles. The fourth-order valence-corrected chi connectivity index (χ4v) is 8.33. The van der Waals surface area contributed by atoms with E-state index in [1.807, 2.05) is 6.29 Å². The highest BCUT2D eigenvalue weighted by Crippen LogP contribution is 2.66. The molecular weight excluding hydrogens is 640 g/mol. The lowest BCUT2D eigenvalue weighted by atomic mass is 9.76. The summed E-state index contributed by atoms with van der Waals surface area (Å²) in [6.45, 7) is 4.52. The maximum Gasteiger partial charge on any atom is 0.226 e. The number of ketones is 1. The Morgan fingerprint density at radius 2 is 0.980 bits per heavy atom. The first-order valence-electron chi connectivity index (χ1n) is 21.3. The number of halogens is 1. The molecule has 1 saturated carbocycles. The molecule has 287 valence electrons. The predicted molar refractivity (Wildman–Crippen MR) is 213 cm³/mol. The largest absolute Gasteiger partial charge is 0.303 e. The SMILES string of the molecule is CCCCCCCC/C=C\CCCCCCCCC(=O)C(CCCCCCCC/C=C\CCCCCCCC)C1(CC=O)C([C]=O)C1C(=O)Cl. The van der Waals surface area contributed by atoms with E-state index in [0.29, 0.717) is 12.8 Å². The average molecular weight is 717 g/mol. The molecule has 0 aromatic rings. The number of allylic oxidation sites excluding steroid dienone is 4. The van der Waals surface area contributed by atoms with Crippen molar-refractivity contribution in [3.63, 3.8) is 0 Å². The van der Waals surface area contributed by atoms with Crippen molar-refractivity contribution in [2.45, 2.75) is 213 Å². The number of rotatable bonds is 38. The molecule has 1 fully saturated rings. The average Bonchev–Trinajstić information content (AvgIpc) is 3.77. The van der Waals surface area contributed by atoms with Gasteiger partial charge in [0.1, 0.15) is 12.1 Å². The fraction of sp³-hybridized carbons (Fsp3) is 0.822. The molecular formula is C45H76ClO4. The van der Waals surface area contributed by atoms with Gasteiger partial charge in [-0.25, -0.2) is 0 Å². The molecule has 0 aliphatic heterocycles. The van der Waals surface area contributed by atoms with Crippen molar-refractivity contribution >= 4 is 35.2 Å². The summed E-state index contributed by atoms with van der Waals surface area (Å²) in [5.41, 5.74) is -0.968. The van der Waals surface area contributed by atoms with Crippen LogP contribution in [0.3, 0.4) is 0 Å². The molecule has 0 heterocycles. The first-order valence-corrected chi connectivity index (χ1v) is 21.7. The van der Waals surface area contributed by atoms with E-state index in [2.05, 4.69) is 38.2 Å². The van der Waals surface area contributed by atoms with E-state index in [9.17, 15) is 19.2 Å². The summed E-state index contributed by atoms with van der Waals surface area (Å²) in [7, 11) is 0. The first kappa shape index (κ1) is 46.5. The van der Waals surface area contributed by atoms with Crippen LogP contribution in [0.2, 0.25) is 0 Å². The van der Waals surface area contributed by atoms with Gasteiger partial charge in [-0.1, -0.05) is 160 Å². The van der Waals surface area contributed by atoms with E-state index in [1.165, 1.54) is 128 Å². The Labute approximate surface area is 313 Å². The normalized spacial score (nSPS) is 19.3. The van der Waals surface area contributed by atoms with Crippen molar-refractivity contribution in [3.05, 3.63) is 24.3 Å². The summed E-state index contributed by atoms with van der Waals surface area (Å²) in [4.78, 5) is 49.6. The van der Waals surface area contributed by atoms with E-state index >= 15 is 0 Å². The molecule has 0 aromatic carbocycles. The van der Waals surface area contributed by atoms with Crippen LogP contribution in [-0.2, 0) is 19.2 Å². The molecule has 1 radical (unpaired) electrons. The minimum absolute atomic E-state index is 0.0201. The fourth-order valence-electron chi connectivity index (χ4n) is 8.00. The molecule has 0 aromatic heterocycles. The second-order valence-corrected chi connectivity index (χ2v) is 15.7. The molecule has 0 N–H and O–H groups in total. The second kappa shape index (κ2) is 32.1. The van der Waals surface area contributed by atoms with Crippen LogP contribution in [0.25, 0.3) is 0 Å². The third-order valence-electron chi connectivity index (χ3n) is 11.2. The monoisotopic (exact) mass is 716 g/mol. The topological polar surface area (TPSA) is 68.3 Å². The molecule has 0 amide bonds. The number of hydrogen-bond acceptors (Lipinski definition) is 4. The highest BCUT2D eigenvalue weighted by Gasteiger charge is 2.71. The van der Waals surface area contributed by atoms with Gasteiger partial charge in [-0.2, -0.15) is 0 Å². The third kappa shape index (κ3) is 20.5. The molecule has 1 aliphatic rings. The van der Waals surface area contributed by atoms with Crippen LogP contribution < -0.4 is 0 Å². The van der Waals surface area contributed by atoms with Gasteiger partial charge in [0.15, 0.2) is 0 Å². The number of hydrogen-bond donors (Lipinski definition) is 0. The Morgan fingerprint density at radius 3 is 1.34 bits per heavy atom. The van der Waals surface area contributed by atoms with Gasteiger partial charge in [-0.3, -0.25) is 14.4 Å². The zero-order chi connectivity index (χ0) is 36.5. The quantitative estimate of drug-likeness (QED) is 0.0276. The third-order valence-corrected chi connectivity index (χ3v) is 11.4. The maximum absolute atomic E-state index is 13.7. The van der Waals surface area contributed by atoms with Gasteiger partial charge in [0.05, 0.1) is 5.92 Å². The molecule has 4 nitrogen and oxygen atoms in total. The number of unbranched alkanes of at least 4 members (excludes halogenated alkanes) is 24. The number of aldehydes is 1. The minimum Gasteiger partial charge on any atom is -0.303 e. The van der Waals surface area contributed by atoms with Crippen LogP contribution in [0, 0.1) is 23.2 Å². The Balaban J connectivity index is 2.35. The minimum atomic E-state index is -0.968. The molecule has 0 spiro atoms. The lowest BCUT2D eigenvalue weighted by Gasteiger charge is -2.26. The summed E-state index contributed by atoms with van der Waals surface area (Å²) in [5, 5.41) is -0.615. The van der Waals surface area contributed by atoms with Crippen LogP contribution in [-0.4, -0.2) is 23.6 Å². The van der Waals surface area contributed by atoms with Gasteiger partial charge >= 0.3 is 0 Å². The summed E-state index contributed by atoms with van der Waals surface area (Å²) in [6.07, 6.45) is 47.2. The van der Waals surface area contributed by atoms with Crippen molar-refractivity contribution in [2.75, 3.05) is 0 Å². The standard InChI is InChI=1S/C45H76ClO4/c1-3-5-7-9-11-13-15-17-19-21-23-25-27-29-31-33-35-40(45(37-38-47)41(39-48)43(45)44(46)50)42(49)36-34-32-30-28-26-24-22-20-18-16-14-12-10-8-6-4-2/h17-20,38,40-41,43H,3-16,21-37H2,1-2H3/b19-17-,20-18-. The van der Waals surface area contributed by atoms with Crippen molar-refractivity contribution in [2.24, 2.45) is 23.2 Å². The molecule has 1 rings (SSSR count). The Kier molecular flexibility index (Phi) is 29.9. The molecule has 50 heavy (non-hydrogen) atoms. The van der Waals surface area contributed by atoms with Gasteiger partial charge in [-0.15, -0.1) is 0 Å². The summed E-state index contributed by atoms with van der Waals surface area (Å²) in [5.74, 6) is -1.90. The molecule has 5 heteroatoms. The van der Waals surface area contributed by atoms with Crippen molar-refractivity contribution in [1.29, 1.82) is 0 Å². The van der Waals surface area contributed by atoms with Gasteiger partial charge < -0.3 is 4.79 Å². The number of Topliss-reactive ketones (excluding diaryl/α,β-unsaturated/α-hetero) is 1. The van der Waals surface area contributed by atoms with Crippen LogP contribution in [0.1, 0.15) is 213 Å². The summed E-state index contributed by atoms with van der Waals surface area (Å²) >= 11 is 5.92. The summed E-state index contributed by atoms with van der Waals surface area (Å²) < 4.78 is 0. The van der Waals surface area contributed by atoms with Crippen molar-refractivity contribution in [1.82, 2.24) is 0 Å².